The Kier molecular flexibility index (Phi) is 5.43. The van der Waals surface area contributed by atoms with Crippen LogP contribution < -0.4 is 0 Å². The van der Waals surface area contributed by atoms with Gasteiger partial charge < -0.3 is 4.65 Å². The molecule has 2 aromatic rings. The quantitative estimate of drug-likeness (QED) is 0.556. The molecular weight excluding hydrogens is 323 g/mol. The van der Waals surface area contributed by atoms with Crippen molar-refractivity contribution in [3.8, 4) is 0 Å². The molecular formula is C22H27BOS. The van der Waals surface area contributed by atoms with E-state index >= 15 is 0 Å². The van der Waals surface area contributed by atoms with Crippen molar-refractivity contribution in [3.63, 3.8) is 0 Å². The van der Waals surface area contributed by atoms with Gasteiger partial charge in [0.15, 0.2) is 0 Å². The summed E-state index contributed by atoms with van der Waals surface area (Å²) in [7, 11) is 0. The topological polar surface area (TPSA) is 9.23 Å². The molecule has 2 saturated heterocycles. The molecule has 0 unspecified atom stereocenters. The van der Waals surface area contributed by atoms with E-state index < -0.39 is 0 Å². The lowest BCUT2D eigenvalue weighted by molar-refractivity contribution is 0.191. The molecule has 1 aromatic heterocycles. The molecule has 0 radical (unpaired) electrons. The third kappa shape index (κ3) is 3.63. The molecule has 1 nitrogen and oxygen atoms in total. The monoisotopic (exact) mass is 350 g/mol. The Morgan fingerprint density at radius 3 is 2.44 bits per heavy atom. The van der Waals surface area contributed by atoms with E-state index in [4.69, 9.17) is 4.65 Å². The van der Waals surface area contributed by atoms with Crippen LogP contribution in [0.15, 0.2) is 47.8 Å². The molecule has 1 aromatic carbocycles. The van der Waals surface area contributed by atoms with E-state index in [9.17, 15) is 0 Å². The van der Waals surface area contributed by atoms with Gasteiger partial charge in [-0.05, 0) is 53.1 Å². The molecule has 2 aliphatic heterocycles. The minimum Gasteiger partial charge on any atom is -0.428 e. The highest BCUT2D eigenvalue weighted by Gasteiger charge is 2.39. The van der Waals surface area contributed by atoms with Crippen molar-refractivity contribution < 1.29 is 4.65 Å². The van der Waals surface area contributed by atoms with E-state index in [1.807, 2.05) is 11.3 Å². The maximum absolute atomic E-state index is 6.78. The highest BCUT2D eigenvalue weighted by molar-refractivity contribution is 7.11. The summed E-state index contributed by atoms with van der Waals surface area (Å²) in [6.07, 6.45) is 9.30. The lowest BCUT2D eigenvalue weighted by Crippen LogP contribution is -2.28. The summed E-state index contributed by atoms with van der Waals surface area (Å²) in [5.74, 6) is 0.671. The largest absolute Gasteiger partial charge is 0.428 e. The van der Waals surface area contributed by atoms with E-state index in [1.54, 1.807) is 0 Å². The van der Waals surface area contributed by atoms with E-state index in [0.717, 1.165) is 6.42 Å². The molecule has 25 heavy (non-hydrogen) atoms. The average molecular weight is 350 g/mol. The van der Waals surface area contributed by atoms with Gasteiger partial charge in [0, 0.05) is 11.0 Å². The Morgan fingerprint density at radius 1 is 1.04 bits per heavy atom. The number of fused-ring (bicyclic) bond motifs is 3. The number of hydrogen-bond acceptors (Lipinski definition) is 2. The van der Waals surface area contributed by atoms with Gasteiger partial charge in [-0.1, -0.05) is 69.0 Å². The summed E-state index contributed by atoms with van der Waals surface area (Å²) >= 11 is 1.86. The van der Waals surface area contributed by atoms with Gasteiger partial charge >= 0.3 is 6.92 Å². The SMILES string of the molecule is CC/C(=C(/B1OC2CCCC1CCC2)c1ccccc1)c1cccs1. The number of rotatable bonds is 4. The average Bonchev–Trinajstić information content (AvgIpc) is 2.99. The summed E-state index contributed by atoms with van der Waals surface area (Å²) < 4.78 is 6.78. The summed E-state index contributed by atoms with van der Waals surface area (Å²) in [5, 5.41) is 2.19. The van der Waals surface area contributed by atoms with Gasteiger partial charge in [0.05, 0.1) is 0 Å². The maximum atomic E-state index is 6.78. The molecule has 0 spiro atoms. The summed E-state index contributed by atoms with van der Waals surface area (Å²) in [5.41, 5.74) is 4.30. The highest BCUT2D eigenvalue weighted by atomic mass is 32.1. The predicted octanol–water partition coefficient (Wildman–Crippen LogP) is 6.72. The minimum absolute atomic E-state index is 0.259. The van der Waals surface area contributed by atoms with E-state index in [2.05, 4.69) is 54.8 Å². The van der Waals surface area contributed by atoms with Crippen molar-refractivity contribution in [2.45, 2.75) is 63.8 Å². The van der Waals surface area contributed by atoms with Crippen LogP contribution in [0.3, 0.4) is 0 Å². The van der Waals surface area contributed by atoms with Gasteiger partial charge in [-0.15, -0.1) is 11.3 Å². The Morgan fingerprint density at radius 2 is 1.80 bits per heavy atom. The van der Waals surface area contributed by atoms with Gasteiger partial charge in [0.2, 0.25) is 0 Å². The zero-order valence-electron chi connectivity index (χ0n) is 15.1. The van der Waals surface area contributed by atoms with Crippen molar-refractivity contribution in [1.82, 2.24) is 0 Å². The zero-order chi connectivity index (χ0) is 17.1. The van der Waals surface area contributed by atoms with Gasteiger partial charge in [-0.2, -0.15) is 0 Å². The molecule has 4 rings (SSSR count). The summed E-state index contributed by atoms with van der Waals surface area (Å²) in [4.78, 5) is 1.41. The Labute approximate surface area is 156 Å². The van der Waals surface area contributed by atoms with Crippen LogP contribution in [0.25, 0.3) is 11.0 Å². The van der Waals surface area contributed by atoms with Crippen molar-refractivity contribution in [2.24, 2.45) is 0 Å². The van der Waals surface area contributed by atoms with Crippen LogP contribution in [0.1, 0.15) is 62.3 Å². The van der Waals surface area contributed by atoms with E-state index in [1.165, 1.54) is 60.0 Å². The Bertz CT molecular complexity index is 697. The standard InChI is InChI=1S/C22H27BOS/c1-2-20(21-15-8-16-25-21)22(17-9-4-3-5-10-17)23-18-11-6-13-19(24-23)14-7-12-18/h3-5,8-10,15-16,18-19H,2,6-7,11-14H2,1H3/b22-20-. The van der Waals surface area contributed by atoms with E-state index in [0.29, 0.717) is 11.9 Å². The second-order valence-electron chi connectivity index (χ2n) is 7.39. The number of benzene rings is 1. The van der Waals surface area contributed by atoms with Gasteiger partial charge in [-0.3, -0.25) is 0 Å². The van der Waals surface area contributed by atoms with Crippen molar-refractivity contribution in [2.75, 3.05) is 0 Å². The first-order valence-corrected chi connectivity index (χ1v) is 10.7. The molecule has 0 saturated carbocycles. The first kappa shape index (κ1) is 17.1. The molecule has 3 heteroatoms. The minimum atomic E-state index is 0.259. The van der Waals surface area contributed by atoms with Crippen LogP contribution >= 0.6 is 11.3 Å². The summed E-state index contributed by atoms with van der Waals surface area (Å²) in [6.45, 7) is 2.55. The maximum Gasteiger partial charge on any atom is 0.331 e. The van der Waals surface area contributed by atoms with Gasteiger partial charge in [0.25, 0.3) is 0 Å². The van der Waals surface area contributed by atoms with Crippen molar-refractivity contribution >= 4 is 29.3 Å². The highest BCUT2D eigenvalue weighted by Crippen LogP contribution is 2.44. The first-order chi connectivity index (χ1) is 12.4. The van der Waals surface area contributed by atoms with Crippen LogP contribution in [0.2, 0.25) is 5.82 Å². The molecule has 2 bridgehead atoms. The summed E-state index contributed by atoms with van der Waals surface area (Å²) in [6, 6.07) is 15.4. The van der Waals surface area contributed by atoms with Crippen molar-refractivity contribution in [1.29, 1.82) is 0 Å². The van der Waals surface area contributed by atoms with Crippen LogP contribution in [-0.4, -0.2) is 13.0 Å². The molecule has 0 amide bonds. The Balaban J connectivity index is 1.86. The second kappa shape index (κ2) is 7.93. The molecule has 0 aliphatic carbocycles. The third-order valence-electron chi connectivity index (χ3n) is 5.84. The van der Waals surface area contributed by atoms with Crippen LogP contribution in [0, 0.1) is 0 Å². The first-order valence-electron chi connectivity index (χ1n) is 9.84. The molecule has 3 heterocycles. The number of hydrogen-bond donors (Lipinski definition) is 0. The lowest BCUT2D eigenvalue weighted by atomic mass is 9.46. The second-order valence-corrected chi connectivity index (χ2v) is 8.34. The van der Waals surface area contributed by atoms with Gasteiger partial charge in [0.1, 0.15) is 0 Å². The number of thiophene rings is 1. The molecule has 2 fully saturated rings. The fraction of sp³-hybridized carbons (Fsp3) is 0.455. The van der Waals surface area contributed by atoms with Crippen LogP contribution in [0.4, 0.5) is 0 Å². The predicted molar refractivity (Wildman–Crippen MR) is 110 cm³/mol. The third-order valence-corrected chi connectivity index (χ3v) is 6.77. The Hall–Kier alpha value is -1.32. The molecule has 130 valence electrons. The van der Waals surface area contributed by atoms with Crippen LogP contribution in [-0.2, 0) is 4.65 Å². The van der Waals surface area contributed by atoms with Gasteiger partial charge in [-0.25, -0.2) is 0 Å². The molecule has 2 aliphatic rings. The lowest BCUT2D eigenvalue weighted by Gasteiger charge is -2.26. The normalized spacial score (nSPS) is 24.6. The van der Waals surface area contributed by atoms with Crippen LogP contribution in [0.5, 0.6) is 0 Å². The number of allylic oxidation sites excluding steroid dienone is 1. The van der Waals surface area contributed by atoms with E-state index in [-0.39, 0.29) is 6.92 Å². The smallest absolute Gasteiger partial charge is 0.331 e. The van der Waals surface area contributed by atoms with Crippen molar-refractivity contribution in [3.05, 3.63) is 58.3 Å². The molecule has 0 atom stereocenters. The zero-order valence-corrected chi connectivity index (χ0v) is 15.9. The molecule has 0 N–H and O–H groups in total. The fourth-order valence-electron chi connectivity index (χ4n) is 4.64. The fourth-order valence-corrected chi connectivity index (χ4v) is 5.50.